The quantitative estimate of drug-likeness (QED) is 0.793. The number of carbonyl (C=O) groups is 1. The summed E-state index contributed by atoms with van der Waals surface area (Å²) in [7, 11) is 1.86. The van der Waals surface area contributed by atoms with Crippen LogP contribution in [0.4, 0.5) is 0 Å². The summed E-state index contributed by atoms with van der Waals surface area (Å²) in [5.41, 5.74) is 1.03. The van der Waals surface area contributed by atoms with Crippen molar-refractivity contribution in [2.45, 2.75) is 6.42 Å². The van der Waals surface area contributed by atoms with E-state index in [4.69, 9.17) is 0 Å². The van der Waals surface area contributed by atoms with Crippen LogP contribution in [0.5, 0.6) is 0 Å². The molecule has 0 aromatic heterocycles. The summed E-state index contributed by atoms with van der Waals surface area (Å²) in [4.78, 5) is 11.4. The smallest absolute Gasteiger partial charge is 0.224 e. The zero-order valence-electron chi connectivity index (χ0n) is 8.72. The van der Waals surface area contributed by atoms with Gasteiger partial charge in [0.15, 0.2) is 0 Å². The fourth-order valence-corrected chi connectivity index (χ4v) is 1.44. The molecule has 0 saturated carbocycles. The Labute approximate surface area is 98.4 Å². The topological polar surface area (TPSA) is 41.1 Å². The molecular formula is C11H15BrN2O. The Hall–Kier alpha value is -0.870. The van der Waals surface area contributed by atoms with Crippen molar-refractivity contribution in [3.63, 3.8) is 0 Å². The normalized spacial score (nSPS) is 10.0. The summed E-state index contributed by atoms with van der Waals surface area (Å²) in [5.74, 6) is 0.0626. The first kappa shape index (κ1) is 12.2. The van der Waals surface area contributed by atoms with Crippen molar-refractivity contribution >= 4 is 21.8 Å². The largest absolute Gasteiger partial charge is 0.355 e. The number of likely N-dealkylation sites (N-methyl/N-ethyl adjacent to an activating group) is 1. The molecule has 0 aliphatic rings. The van der Waals surface area contributed by atoms with Gasteiger partial charge in [-0.3, -0.25) is 4.79 Å². The number of hydrogen-bond acceptors (Lipinski definition) is 2. The van der Waals surface area contributed by atoms with Crippen LogP contribution in [0.1, 0.15) is 5.56 Å². The van der Waals surface area contributed by atoms with E-state index in [1.54, 1.807) is 0 Å². The van der Waals surface area contributed by atoms with Crippen molar-refractivity contribution in [2.75, 3.05) is 20.1 Å². The van der Waals surface area contributed by atoms with Gasteiger partial charge in [0, 0.05) is 17.6 Å². The number of nitrogens with one attached hydrogen (secondary N) is 2. The van der Waals surface area contributed by atoms with Gasteiger partial charge >= 0.3 is 0 Å². The van der Waals surface area contributed by atoms with Crippen molar-refractivity contribution < 1.29 is 4.79 Å². The first-order valence-electron chi connectivity index (χ1n) is 4.88. The first-order valence-corrected chi connectivity index (χ1v) is 5.67. The highest BCUT2D eigenvalue weighted by Crippen LogP contribution is 2.10. The standard InChI is InChI=1S/C11H15BrN2O/c1-13-6-7-14-11(15)8-9-2-4-10(12)5-3-9/h2-5,13H,6-8H2,1H3,(H,14,15). The second-order valence-corrected chi connectivity index (χ2v) is 4.17. The Morgan fingerprint density at radius 2 is 1.93 bits per heavy atom. The highest BCUT2D eigenvalue weighted by molar-refractivity contribution is 9.10. The van der Waals surface area contributed by atoms with Crippen LogP contribution < -0.4 is 10.6 Å². The van der Waals surface area contributed by atoms with Crippen molar-refractivity contribution in [2.24, 2.45) is 0 Å². The van der Waals surface area contributed by atoms with E-state index < -0.39 is 0 Å². The predicted octanol–water partition coefficient (Wildman–Crippen LogP) is 1.33. The summed E-state index contributed by atoms with van der Waals surface area (Å²) >= 11 is 3.35. The van der Waals surface area contributed by atoms with Crippen LogP contribution in [0.15, 0.2) is 28.7 Å². The van der Waals surface area contributed by atoms with Crippen LogP contribution in [0.25, 0.3) is 0 Å². The number of benzene rings is 1. The van der Waals surface area contributed by atoms with Gasteiger partial charge in [0.05, 0.1) is 6.42 Å². The van der Waals surface area contributed by atoms with Gasteiger partial charge < -0.3 is 10.6 Å². The molecule has 0 heterocycles. The number of carbonyl (C=O) groups excluding carboxylic acids is 1. The molecule has 1 aromatic carbocycles. The molecule has 1 aromatic rings. The van der Waals surface area contributed by atoms with E-state index in [2.05, 4.69) is 26.6 Å². The third-order valence-corrected chi connectivity index (χ3v) is 2.50. The number of hydrogen-bond donors (Lipinski definition) is 2. The molecule has 0 unspecified atom stereocenters. The Morgan fingerprint density at radius 3 is 2.53 bits per heavy atom. The average Bonchev–Trinajstić information content (AvgIpc) is 2.22. The molecule has 0 spiro atoms. The maximum Gasteiger partial charge on any atom is 0.224 e. The summed E-state index contributed by atoms with van der Waals surface area (Å²) in [6.45, 7) is 1.47. The number of amides is 1. The molecule has 3 nitrogen and oxygen atoms in total. The maximum atomic E-state index is 11.4. The average molecular weight is 271 g/mol. The van der Waals surface area contributed by atoms with Crippen LogP contribution in [0.3, 0.4) is 0 Å². The van der Waals surface area contributed by atoms with E-state index in [0.717, 1.165) is 16.6 Å². The molecule has 0 fully saturated rings. The maximum absolute atomic E-state index is 11.4. The summed E-state index contributed by atoms with van der Waals surface area (Å²) in [6, 6.07) is 7.77. The number of halogens is 1. The minimum Gasteiger partial charge on any atom is -0.355 e. The SMILES string of the molecule is CNCCNC(=O)Cc1ccc(Br)cc1. The lowest BCUT2D eigenvalue weighted by atomic mass is 10.1. The third-order valence-electron chi connectivity index (χ3n) is 1.98. The molecule has 0 radical (unpaired) electrons. The zero-order valence-corrected chi connectivity index (χ0v) is 10.3. The molecule has 0 bridgehead atoms. The van der Waals surface area contributed by atoms with Crippen LogP contribution in [0.2, 0.25) is 0 Å². The first-order chi connectivity index (χ1) is 7.22. The lowest BCUT2D eigenvalue weighted by Crippen LogP contribution is -2.31. The molecule has 82 valence electrons. The minimum atomic E-state index is 0.0626. The highest BCUT2D eigenvalue weighted by atomic mass is 79.9. The van der Waals surface area contributed by atoms with Gasteiger partial charge in [0.1, 0.15) is 0 Å². The van der Waals surface area contributed by atoms with Crippen molar-refractivity contribution in [1.82, 2.24) is 10.6 Å². The van der Waals surface area contributed by atoms with E-state index >= 15 is 0 Å². The second kappa shape index (κ2) is 6.58. The monoisotopic (exact) mass is 270 g/mol. The van der Waals surface area contributed by atoms with E-state index in [9.17, 15) is 4.79 Å². The minimum absolute atomic E-state index is 0.0626. The highest BCUT2D eigenvalue weighted by Gasteiger charge is 2.01. The molecule has 1 amide bonds. The van der Waals surface area contributed by atoms with Crippen molar-refractivity contribution in [3.05, 3.63) is 34.3 Å². The van der Waals surface area contributed by atoms with E-state index in [-0.39, 0.29) is 5.91 Å². The van der Waals surface area contributed by atoms with Gasteiger partial charge in [0.2, 0.25) is 5.91 Å². The van der Waals surface area contributed by atoms with Crippen LogP contribution in [-0.4, -0.2) is 26.0 Å². The molecular weight excluding hydrogens is 256 g/mol. The lowest BCUT2D eigenvalue weighted by Gasteiger charge is -2.04. The Kier molecular flexibility index (Phi) is 5.36. The predicted molar refractivity (Wildman–Crippen MR) is 64.8 cm³/mol. The zero-order chi connectivity index (χ0) is 11.1. The molecule has 2 N–H and O–H groups in total. The van der Waals surface area contributed by atoms with Gasteiger partial charge in [-0.2, -0.15) is 0 Å². The second-order valence-electron chi connectivity index (χ2n) is 3.26. The van der Waals surface area contributed by atoms with E-state index in [1.807, 2.05) is 31.3 Å². The molecule has 0 saturated heterocycles. The fourth-order valence-electron chi connectivity index (χ4n) is 1.18. The van der Waals surface area contributed by atoms with Crippen LogP contribution >= 0.6 is 15.9 Å². The molecule has 4 heteroatoms. The summed E-state index contributed by atoms with van der Waals surface area (Å²) < 4.78 is 1.03. The molecule has 0 aliphatic carbocycles. The molecule has 1 rings (SSSR count). The van der Waals surface area contributed by atoms with Gasteiger partial charge in [-0.05, 0) is 24.7 Å². The molecule has 0 aliphatic heterocycles. The summed E-state index contributed by atoms with van der Waals surface area (Å²) in [6.07, 6.45) is 0.441. The van der Waals surface area contributed by atoms with Gasteiger partial charge in [-0.25, -0.2) is 0 Å². The Bertz CT molecular complexity index is 311. The van der Waals surface area contributed by atoms with Crippen molar-refractivity contribution in [1.29, 1.82) is 0 Å². The van der Waals surface area contributed by atoms with Crippen molar-refractivity contribution in [3.8, 4) is 0 Å². The fraction of sp³-hybridized carbons (Fsp3) is 0.364. The number of rotatable bonds is 5. The Balaban J connectivity index is 2.34. The van der Waals surface area contributed by atoms with Gasteiger partial charge in [0.25, 0.3) is 0 Å². The van der Waals surface area contributed by atoms with Crippen LogP contribution in [-0.2, 0) is 11.2 Å². The molecule has 15 heavy (non-hydrogen) atoms. The van der Waals surface area contributed by atoms with Gasteiger partial charge in [-0.15, -0.1) is 0 Å². The van der Waals surface area contributed by atoms with E-state index in [0.29, 0.717) is 13.0 Å². The third kappa shape index (κ3) is 4.95. The van der Waals surface area contributed by atoms with Gasteiger partial charge in [-0.1, -0.05) is 28.1 Å². The van der Waals surface area contributed by atoms with E-state index in [1.165, 1.54) is 0 Å². The molecule has 0 atom stereocenters. The van der Waals surface area contributed by atoms with Crippen LogP contribution in [0, 0.1) is 0 Å². The summed E-state index contributed by atoms with van der Waals surface area (Å²) in [5, 5.41) is 5.81. The Morgan fingerprint density at radius 1 is 1.27 bits per heavy atom. The lowest BCUT2D eigenvalue weighted by molar-refractivity contribution is -0.120.